The summed E-state index contributed by atoms with van der Waals surface area (Å²) in [5, 5.41) is 0. The second-order valence-corrected chi connectivity index (χ2v) is 7.55. The summed E-state index contributed by atoms with van der Waals surface area (Å²) in [7, 11) is -1.31. The van der Waals surface area contributed by atoms with Gasteiger partial charge < -0.3 is 9.30 Å². The third kappa shape index (κ3) is 4.07. The van der Waals surface area contributed by atoms with E-state index in [9.17, 15) is 13.8 Å². The lowest BCUT2D eigenvalue weighted by molar-refractivity contribution is 0.0471. The normalized spacial score (nSPS) is 12.2. The molecule has 2 aromatic rings. The Kier molecular flexibility index (Phi) is 5.95. The minimum Gasteiger partial charge on any atom is -0.454 e. The van der Waals surface area contributed by atoms with Gasteiger partial charge in [0, 0.05) is 29.2 Å². The van der Waals surface area contributed by atoms with Gasteiger partial charge in [0.2, 0.25) is 5.78 Å². The third-order valence-corrected chi connectivity index (χ3v) is 5.03. The lowest BCUT2D eigenvalue weighted by Gasteiger charge is -2.13. The number of Topliss-reactive ketones (excluding diaryl/α,β-unsaturated/α-hetero) is 1. The summed E-state index contributed by atoms with van der Waals surface area (Å²) < 4.78 is 19.0. The van der Waals surface area contributed by atoms with Crippen molar-refractivity contribution in [2.24, 2.45) is 0 Å². The maximum absolute atomic E-state index is 12.5. The Morgan fingerprint density at radius 1 is 1.16 bits per heavy atom. The average molecular weight is 361 g/mol. The highest BCUT2D eigenvalue weighted by atomic mass is 32.2. The molecule has 0 aliphatic heterocycles. The van der Waals surface area contributed by atoms with Crippen molar-refractivity contribution < 1.29 is 18.5 Å². The van der Waals surface area contributed by atoms with E-state index in [2.05, 4.69) is 18.4 Å². The van der Waals surface area contributed by atoms with Gasteiger partial charge in [0.15, 0.2) is 6.61 Å². The van der Waals surface area contributed by atoms with Gasteiger partial charge in [-0.3, -0.25) is 9.00 Å². The van der Waals surface area contributed by atoms with E-state index in [4.69, 9.17) is 4.74 Å². The van der Waals surface area contributed by atoms with Gasteiger partial charge >= 0.3 is 5.97 Å². The zero-order valence-electron chi connectivity index (χ0n) is 15.2. The SMILES string of the molecule is Cc1cc(C(=O)COC(=O)c2ccccc2[S@@](C)=O)c(C)n1C(C)C. The minimum absolute atomic E-state index is 0.226. The van der Waals surface area contributed by atoms with Crippen molar-refractivity contribution in [3.05, 3.63) is 52.8 Å². The van der Waals surface area contributed by atoms with E-state index in [0.717, 1.165) is 11.4 Å². The number of nitrogens with zero attached hydrogens (tertiary/aromatic N) is 1. The standard InChI is InChI=1S/C19H23NO4S/c1-12(2)20-13(3)10-16(14(20)4)17(21)11-24-19(22)15-8-6-7-9-18(15)25(5)23/h6-10,12H,11H2,1-5H3/t25-/m1/s1. The Bertz CT molecular complexity index is 836. The average Bonchev–Trinajstić information content (AvgIpc) is 2.86. The molecule has 0 aliphatic rings. The first kappa shape index (κ1) is 19.1. The van der Waals surface area contributed by atoms with Crippen LogP contribution in [0.3, 0.4) is 0 Å². The topological polar surface area (TPSA) is 65.4 Å². The summed E-state index contributed by atoms with van der Waals surface area (Å²) in [6.45, 7) is 7.60. The highest BCUT2D eigenvalue weighted by Crippen LogP contribution is 2.21. The lowest BCUT2D eigenvalue weighted by Crippen LogP contribution is -2.16. The van der Waals surface area contributed by atoms with Gasteiger partial charge in [0.25, 0.3) is 0 Å². The molecule has 0 radical (unpaired) electrons. The molecule has 0 bridgehead atoms. The molecular weight excluding hydrogens is 338 g/mol. The zero-order chi connectivity index (χ0) is 18.7. The summed E-state index contributed by atoms with van der Waals surface area (Å²) in [5.74, 6) is -0.889. The van der Waals surface area contributed by atoms with E-state index in [-0.39, 0.29) is 24.0 Å². The highest BCUT2D eigenvalue weighted by Gasteiger charge is 2.20. The summed E-state index contributed by atoms with van der Waals surface area (Å²) in [6.07, 6.45) is 1.50. The van der Waals surface area contributed by atoms with Crippen LogP contribution in [0.15, 0.2) is 35.2 Å². The molecule has 1 heterocycles. The summed E-state index contributed by atoms with van der Waals surface area (Å²) in [6, 6.07) is 8.61. The quantitative estimate of drug-likeness (QED) is 0.584. The zero-order valence-corrected chi connectivity index (χ0v) is 16.0. The van der Waals surface area contributed by atoms with Crippen molar-refractivity contribution in [2.45, 2.75) is 38.6 Å². The Morgan fingerprint density at radius 2 is 1.80 bits per heavy atom. The van der Waals surface area contributed by atoms with Crippen LogP contribution in [-0.2, 0) is 15.5 Å². The molecule has 1 atom stereocenters. The van der Waals surface area contributed by atoms with Crippen LogP contribution < -0.4 is 0 Å². The number of ketones is 1. The maximum atomic E-state index is 12.5. The van der Waals surface area contributed by atoms with Crippen molar-refractivity contribution in [1.82, 2.24) is 4.57 Å². The van der Waals surface area contributed by atoms with Crippen LogP contribution in [0, 0.1) is 13.8 Å². The molecule has 0 saturated heterocycles. The summed E-state index contributed by atoms with van der Waals surface area (Å²) >= 11 is 0. The van der Waals surface area contributed by atoms with Crippen LogP contribution in [0.1, 0.15) is 52.0 Å². The number of carbonyl (C=O) groups excluding carboxylic acids is 2. The van der Waals surface area contributed by atoms with E-state index in [1.807, 2.05) is 19.9 Å². The fourth-order valence-corrected chi connectivity index (χ4v) is 3.76. The van der Waals surface area contributed by atoms with Crippen LogP contribution in [-0.4, -0.2) is 33.4 Å². The lowest BCUT2D eigenvalue weighted by atomic mass is 10.1. The smallest absolute Gasteiger partial charge is 0.339 e. The molecule has 2 rings (SSSR count). The van der Waals surface area contributed by atoms with Gasteiger partial charge in [-0.05, 0) is 45.9 Å². The number of rotatable bonds is 6. The first-order chi connectivity index (χ1) is 11.7. The molecule has 0 fully saturated rings. The summed E-state index contributed by atoms with van der Waals surface area (Å²) in [5.41, 5.74) is 2.65. The van der Waals surface area contributed by atoms with E-state index in [1.165, 1.54) is 6.26 Å². The van der Waals surface area contributed by atoms with Gasteiger partial charge in [-0.15, -0.1) is 0 Å². The van der Waals surface area contributed by atoms with Crippen molar-refractivity contribution in [1.29, 1.82) is 0 Å². The third-order valence-electron chi connectivity index (χ3n) is 4.05. The molecule has 6 heteroatoms. The van der Waals surface area contributed by atoms with Crippen molar-refractivity contribution in [3.63, 3.8) is 0 Å². The molecule has 25 heavy (non-hydrogen) atoms. The van der Waals surface area contributed by atoms with Crippen LogP contribution >= 0.6 is 0 Å². The monoisotopic (exact) mass is 361 g/mol. The van der Waals surface area contributed by atoms with Crippen LogP contribution in [0.4, 0.5) is 0 Å². The van der Waals surface area contributed by atoms with E-state index in [1.54, 1.807) is 24.3 Å². The minimum atomic E-state index is -1.31. The van der Waals surface area contributed by atoms with Gasteiger partial charge in [-0.2, -0.15) is 0 Å². The van der Waals surface area contributed by atoms with E-state index < -0.39 is 16.8 Å². The fraction of sp³-hybridized carbons (Fsp3) is 0.368. The number of aromatic nitrogens is 1. The number of esters is 1. The van der Waals surface area contributed by atoms with E-state index >= 15 is 0 Å². The molecule has 0 saturated carbocycles. The van der Waals surface area contributed by atoms with E-state index in [0.29, 0.717) is 10.5 Å². The molecular formula is C19H23NO4S. The molecule has 0 spiro atoms. The predicted octanol–water partition coefficient (Wildman–Crippen LogP) is 3.46. The Hall–Kier alpha value is -2.21. The second kappa shape index (κ2) is 7.78. The molecule has 0 unspecified atom stereocenters. The molecule has 1 aromatic carbocycles. The predicted molar refractivity (Wildman–Crippen MR) is 97.7 cm³/mol. The number of aryl methyl sites for hydroxylation is 1. The first-order valence-corrected chi connectivity index (χ1v) is 9.61. The van der Waals surface area contributed by atoms with Crippen LogP contribution in [0.2, 0.25) is 0 Å². The van der Waals surface area contributed by atoms with Gasteiger partial charge in [0.1, 0.15) is 0 Å². The van der Waals surface area contributed by atoms with Gasteiger partial charge in [-0.25, -0.2) is 4.79 Å². The Balaban J connectivity index is 2.15. The molecule has 5 nitrogen and oxygen atoms in total. The molecule has 0 amide bonds. The fourth-order valence-electron chi connectivity index (χ4n) is 3.03. The first-order valence-electron chi connectivity index (χ1n) is 8.05. The molecule has 134 valence electrons. The van der Waals surface area contributed by atoms with Crippen molar-refractivity contribution in [3.8, 4) is 0 Å². The van der Waals surface area contributed by atoms with Crippen molar-refractivity contribution in [2.75, 3.05) is 12.9 Å². The largest absolute Gasteiger partial charge is 0.454 e. The van der Waals surface area contributed by atoms with Crippen LogP contribution in [0.5, 0.6) is 0 Å². The highest BCUT2D eigenvalue weighted by molar-refractivity contribution is 7.84. The molecule has 0 aliphatic carbocycles. The van der Waals surface area contributed by atoms with Gasteiger partial charge in [-0.1, -0.05) is 12.1 Å². The molecule has 0 N–H and O–H groups in total. The number of ether oxygens (including phenoxy) is 1. The second-order valence-electron chi connectivity index (χ2n) is 6.20. The number of hydrogen-bond donors (Lipinski definition) is 0. The number of benzene rings is 1. The van der Waals surface area contributed by atoms with Gasteiger partial charge in [0.05, 0.1) is 21.3 Å². The van der Waals surface area contributed by atoms with Crippen molar-refractivity contribution >= 4 is 22.6 Å². The molecule has 1 aromatic heterocycles. The maximum Gasteiger partial charge on any atom is 0.339 e. The summed E-state index contributed by atoms with van der Waals surface area (Å²) in [4.78, 5) is 25.1. The van der Waals surface area contributed by atoms with Crippen LogP contribution in [0.25, 0.3) is 0 Å². The Morgan fingerprint density at radius 3 is 2.36 bits per heavy atom. The Labute approximate surface area is 150 Å². The number of carbonyl (C=O) groups is 2. The number of hydrogen-bond acceptors (Lipinski definition) is 4.